The SMILES string of the molecule is Cc1ccoc1-c1nnc(SCCCN2C[C@@H]3[C@H](C)[C@]3(c3ccc(C(F)(F)F)cc3)C2)n1C. The summed E-state index contributed by atoms with van der Waals surface area (Å²) in [6.07, 6.45) is -1.62. The summed E-state index contributed by atoms with van der Waals surface area (Å²) in [6.45, 7) is 7.11. The molecule has 0 spiro atoms. The van der Waals surface area contributed by atoms with Gasteiger partial charge in [0, 0.05) is 31.3 Å². The van der Waals surface area contributed by atoms with Crippen molar-refractivity contribution in [1.82, 2.24) is 19.7 Å². The van der Waals surface area contributed by atoms with Crippen molar-refractivity contribution >= 4 is 11.8 Å². The van der Waals surface area contributed by atoms with Gasteiger partial charge < -0.3 is 13.9 Å². The maximum atomic E-state index is 12.9. The molecule has 0 unspecified atom stereocenters. The molecule has 1 aliphatic heterocycles. The Hall–Kier alpha value is -2.26. The van der Waals surface area contributed by atoms with Crippen molar-refractivity contribution in [2.24, 2.45) is 18.9 Å². The van der Waals surface area contributed by atoms with Crippen LogP contribution in [0.25, 0.3) is 11.6 Å². The summed E-state index contributed by atoms with van der Waals surface area (Å²) in [7, 11) is 1.95. The van der Waals surface area contributed by atoms with Crippen LogP contribution in [0, 0.1) is 18.8 Å². The highest BCUT2D eigenvalue weighted by atomic mass is 32.2. The molecule has 5 nitrogen and oxygen atoms in total. The maximum absolute atomic E-state index is 12.9. The fraction of sp³-hybridized carbons (Fsp3) is 0.500. The fourth-order valence-electron chi connectivity index (χ4n) is 5.42. The minimum atomic E-state index is -4.29. The summed E-state index contributed by atoms with van der Waals surface area (Å²) in [5, 5.41) is 9.45. The lowest BCUT2D eigenvalue weighted by Crippen LogP contribution is -2.30. The molecule has 1 aromatic carbocycles. The first-order valence-electron chi connectivity index (χ1n) is 11.2. The Morgan fingerprint density at radius 1 is 1.18 bits per heavy atom. The zero-order chi connectivity index (χ0) is 23.4. The third-order valence-electron chi connectivity index (χ3n) is 7.41. The number of fused-ring (bicyclic) bond motifs is 1. The third kappa shape index (κ3) is 3.89. The lowest BCUT2D eigenvalue weighted by atomic mass is 9.92. The second-order valence-corrected chi connectivity index (χ2v) is 10.3. The molecule has 1 saturated heterocycles. The predicted octanol–water partition coefficient (Wildman–Crippen LogP) is 5.40. The molecule has 0 N–H and O–H groups in total. The van der Waals surface area contributed by atoms with E-state index in [1.165, 1.54) is 12.1 Å². The number of hydrogen-bond acceptors (Lipinski definition) is 5. The molecule has 1 aliphatic carbocycles. The quantitative estimate of drug-likeness (QED) is 0.337. The Morgan fingerprint density at radius 3 is 2.61 bits per heavy atom. The zero-order valence-electron chi connectivity index (χ0n) is 18.9. The first kappa shape index (κ1) is 22.5. The lowest BCUT2D eigenvalue weighted by Gasteiger charge is -2.23. The molecule has 1 saturated carbocycles. The van der Waals surface area contributed by atoms with E-state index in [1.807, 2.05) is 24.6 Å². The van der Waals surface area contributed by atoms with Crippen LogP contribution in [0.15, 0.2) is 46.2 Å². The molecule has 3 heterocycles. The molecule has 2 aliphatic rings. The van der Waals surface area contributed by atoms with Gasteiger partial charge in [-0.25, -0.2) is 0 Å². The molecule has 5 rings (SSSR count). The average molecular weight is 477 g/mol. The number of aryl methyl sites for hydroxylation is 1. The van der Waals surface area contributed by atoms with Gasteiger partial charge in [-0.2, -0.15) is 13.2 Å². The van der Waals surface area contributed by atoms with Crippen molar-refractivity contribution in [2.45, 2.75) is 37.0 Å². The molecule has 2 aromatic heterocycles. The van der Waals surface area contributed by atoms with E-state index in [9.17, 15) is 13.2 Å². The van der Waals surface area contributed by atoms with Crippen molar-refractivity contribution in [3.8, 4) is 11.6 Å². The Labute approximate surface area is 195 Å². The lowest BCUT2D eigenvalue weighted by molar-refractivity contribution is -0.137. The Morgan fingerprint density at radius 2 is 1.94 bits per heavy atom. The van der Waals surface area contributed by atoms with Crippen LogP contribution < -0.4 is 0 Å². The van der Waals surface area contributed by atoms with Crippen LogP contribution in [-0.2, 0) is 18.6 Å². The second-order valence-electron chi connectivity index (χ2n) is 9.25. The molecule has 3 atom stereocenters. The first-order valence-corrected chi connectivity index (χ1v) is 12.2. The Bertz CT molecular complexity index is 1140. The molecular formula is C24H27F3N4OS. The zero-order valence-corrected chi connectivity index (χ0v) is 19.7. The molecule has 176 valence electrons. The first-order chi connectivity index (χ1) is 15.7. The van der Waals surface area contributed by atoms with Crippen LogP contribution in [0.5, 0.6) is 0 Å². The van der Waals surface area contributed by atoms with Crippen LogP contribution in [0.3, 0.4) is 0 Å². The number of halogens is 3. The van der Waals surface area contributed by atoms with Crippen molar-refractivity contribution in [3.05, 3.63) is 53.3 Å². The highest BCUT2D eigenvalue weighted by Gasteiger charge is 2.66. The van der Waals surface area contributed by atoms with E-state index >= 15 is 0 Å². The number of furan rings is 1. The Kier molecular flexibility index (Phi) is 5.60. The minimum absolute atomic E-state index is 0.0106. The number of thioether (sulfide) groups is 1. The monoisotopic (exact) mass is 476 g/mol. The van der Waals surface area contributed by atoms with Crippen LogP contribution in [-0.4, -0.2) is 45.1 Å². The van der Waals surface area contributed by atoms with E-state index in [0.29, 0.717) is 11.8 Å². The van der Waals surface area contributed by atoms with Gasteiger partial charge in [0.2, 0.25) is 0 Å². The Balaban J connectivity index is 1.15. The van der Waals surface area contributed by atoms with Gasteiger partial charge in [-0.1, -0.05) is 30.8 Å². The van der Waals surface area contributed by atoms with E-state index < -0.39 is 11.7 Å². The summed E-state index contributed by atoms with van der Waals surface area (Å²) in [5.41, 5.74) is 1.51. The number of aromatic nitrogens is 3. The number of likely N-dealkylation sites (tertiary alicyclic amines) is 1. The second kappa shape index (κ2) is 8.20. The van der Waals surface area contributed by atoms with Gasteiger partial charge in [0.15, 0.2) is 16.7 Å². The van der Waals surface area contributed by atoms with Crippen LogP contribution in [0.1, 0.15) is 30.0 Å². The number of benzene rings is 1. The van der Waals surface area contributed by atoms with E-state index in [1.54, 1.807) is 30.2 Å². The van der Waals surface area contributed by atoms with Crippen molar-refractivity contribution in [2.75, 3.05) is 25.4 Å². The van der Waals surface area contributed by atoms with Gasteiger partial charge in [-0.3, -0.25) is 0 Å². The van der Waals surface area contributed by atoms with Crippen LogP contribution >= 0.6 is 11.8 Å². The number of rotatable bonds is 7. The summed E-state index contributed by atoms with van der Waals surface area (Å²) in [5.74, 6) is 3.44. The van der Waals surface area contributed by atoms with Crippen LogP contribution in [0.2, 0.25) is 0 Å². The summed E-state index contributed by atoms with van der Waals surface area (Å²) in [4.78, 5) is 2.46. The number of piperidine rings is 1. The van der Waals surface area contributed by atoms with E-state index in [4.69, 9.17) is 4.42 Å². The summed E-state index contributed by atoms with van der Waals surface area (Å²) < 4.78 is 46.3. The average Bonchev–Trinajstić information content (AvgIpc) is 3.22. The van der Waals surface area contributed by atoms with Gasteiger partial charge in [0.1, 0.15) is 0 Å². The highest BCUT2D eigenvalue weighted by molar-refractivity contribution is 7.99. The van der Waals surface area contributed by atoms with Gasteiger partial charge >= 0.3 is 6.18 Å². The molecule has 0 radical (unpaired) electrons. The molecule has 0 amide bonds. The van der Waals surface area contributed by atoms with Gasteiger partial charge in [0.25, 0.3) is 0 Å². The number of nitrogens with zero attached hydrogens (tertiary/aromatic N) is 4. The molecule has 9 heteroatoms. The maximum Gasteiger partial charge on any atom is 0.416 e. The topological polar surface area (TPSA) is 47.1 Å². The van der Waals surface area contributed by atoms with Crippen LogP contribution in [0.4, 0.5) is 13.2 Å². The normalized spacial score (nSPS) is 24.9. The van der Waals surface area contributed by atoms with E-state index in [-0.39, 0.29) is 5.41 Å². The molecule has 3 aromatic rings. The summed E-state index contributed by atoms with van der Waals surface area (Å²) in [6, 6.07) is 7.74. The van der Waals surface area contributed by atoms with Gasteiger partial charge in [0.05, 0.1) is 11.8 Å². The molecule has 0 bridgehead atoms. The van der Waals surface area contributed by atoms with Crippen molar-refractivity contribution in [1.29, 1.82) is 0 Å². The van der Waals surface area contributed by atoms with E-state index in [2.05, 4.69) is 22.0 Å². The smallest absolute Gasteiger partial charge is 0.416 e. The summed E-state index contributed by atoms with van der Waals surface area (Å²) >= 11 is 1.68. The minimum Gasteiger partial charge on any atom is -0.461 e. The van der Waals surface area contributed by atoms with Gasteiger partial charge in [-0.05, 0) is 61.1 Å². The van der Waals surface area contributed by atoms with Crippen molar-refractivity contribution < 1.29 is 17.6 Å². The largest absolute Gasteiger partial charge is 0.461 e. The van der Waals surface area contributed by atoms with Gasteiger partial charge in [-0.15, -0.1) is 10.2 Å². The third-order valence-corrected chi connectivity index (χ3v) is 8.51. The number of alkyl halides is 3. The molecular weight excluding hydrogens is 449 g/mol. The molecule has 33 heavy (non-hydrogen) atoms. The number of hydrogen-bond donors (Lipinski definition) is 0. The predicted molar refractivity (Wildman–Crippen MR) is 121 cm³/mol. The van der Waals surface area contributed by atoms with Crippen molar-refractivity contribution in [3.63, 3.8) is 0 Å². The van der Waals surface area contributed by atoms with E-state index in [0.717, 1.165) is 59.7 Å². The molecule has 2 fully saturated rings. The standard InChI is InChI=1S/C24H27F3N4OS/c1-15-9-11-32-20(15)21-28-29-22(30(21)3)33-12-4-10-31-13-19-16(2)23(19,14-31)17-5-7-18(8-6-17)24(25,26)27/h5-9,11,16,19H,4,10,12-14H2,1-3H3/t16-,19+,23-/m0/s1. The highest BCUT2D eigenvalue weighted by Crippen LogP contribution is 2.63. The fourth-order valence-corrected chi connectivity index (χ4v) is 6.26.